The molecule has 3 heteroatoms. The summed E-state index contributed by atoms with van der Waals surface area (Å²) in [5.74, 6) is 1.98. The van der Waals surface area contributed by atoms with Crippen LogP contribution in [0.2, 0.25) is 0 Å². The van der Waals surface area contributed by atoms with E-state index in [-0.39, 0.29) is 12.1 Å². The molecule has 0 saturated heterocycles. The first kappa shape index (κ1) is 29.5. The summed E-state index contributed by atoms with van der Waals surface area (Å²) in [7, 11) is 0. The van der Waals surface area contributed by atoms with Crippen LogP contribution < -0.4 is 16.8 Å². The number of rotatable bonds is 12. The SMILES string of the molecule is Cc1cc(C(C)C)c(CC(N)CNCC(N)Cc2c(C(C)C)cc(C)cc2C(C)C)c(C(C)C)c1. The Morgan fingerprint density at radius 1 is 0.543 bits per heavy atom. The minimum Gasteiger partial charge on any atom is -0.326 e. The Hall–Kier alpha value is -1.68. The Labute approximate surface area is 216 Å². The van der Waals surface area contributed by atoms with Crippen LogP contribution in [0.15, 0.2) is 24.3 Å². The lowest BCUT2D eigenvalue weighted by Gasteiger charge is -2.25. The van der Waals surface area contributed by atoms with E-state index in [4.69, 9.17) is 11.5 Å². The van der Waals surface area contributed by atoms with E-state index in [1.807, 2.05) is 0 Å². The third-order valence-electron chi connectivity index (χ3n) is 7.16. The Morgan fingerprint density at radius 2 is 0.800 bits per heavy atom. The summed E-state index contributed by atoms with van der Waals surface area (Å²) < 4.78 is 0. The predicted molar refractivity (Wildman–Crippen MR) is 155 cm³/mol. The summed E-state index contributed by atoms with van der Waals surface area (Å²) in [4.78, 5) is 0. The molecule has 0 aliphatic heterocycles. The van der Waals surface area contributed by atoms with Crippen LogP contribution in [0.4, 0.5) is 0 Å². The summed E-state index contributed by atoms with van der Waals surface area (Å²) in [6.45, 7) is 24.2. The van der Waals surface area contributed by atoms with Gasteiger partial charge in [-0.15, -0.1) is 0 Å². The number of benzene rings is 2. The minimum absolute atomic E-state index is 0.0664. The molecule has 0 radical (unpaired) electrons. The van der Waals surface area contributed by atoms with Gasteiger partial charge in [-0.25, -0.2) is 0 Å². The van der Waals surface area contributed by atoms with Crippen molar-refractivity contribution in [1.82, 2.24) is 5.32 Å². The molecule has 0 heterocycles. The van der Waals surface area contributed by atoms with Gasteiger partial charge in [0.1, 0.15) is 0 Å². The maximum Gasteiger partial charge on any atom is 0.0206 e. The maximum atomic E-state index is 6.66. The zero-order valence-electron chi connectivity index (χ0n) is 24.3. The molecule has 0 spiro atoms. The molecule has 0 bridgehead atoms. The highest BCUT2D eigenvalue weighted by molar-refractivity contribution is 5.44. The molecule has 196 valence electrons. The molecule has 0 fully saturated rings. The molecule has 35 heavy (non-hydrogen) atoms. The van der Waals surface area contributed by atoms with Gasteiger partial charge in [-0.2, -0.15) is 0 Å². The summed E-state index contributed by atoms with van der Waals surface area (Å²) in [6.07, 6.45) is 1.80. The zero-order chi connectivity index (χ0) is 26.4. The molecule has 2 unspecified atom stereocenters. The van der Waals surface area contributed by atoms with E-state index < -0.39 is 0 Å². The molecule has 3 nitrogen and oxygen atoms in total. The fourth-order valence-electron chi connectivity index (χ4n) is 5.40. The molecular formula is C32H53N3. The first-order valence-corrected chi connectivity index (χ1v) is 13.8. The van der Waals surface area contributed by atoms with Crippen LogP contribution in [0.5, 0.6) is 0 Å². The Bertz CT molecular complexity index is 820. The largest absolute Gasteiger partial charge is 0.326 e. The summed E-state index contributed by atoms with van der Waals surface area (Å²) in [5, 5.41) is 3.59. The van der Waals surface area contributed by atoms with Crippen molar-refractivity contribution in [2.75, 3.05) is 13.1 Å². The predicted octanol–water partition coefficient (Wildman–Crippen LogP) is 6.83. The highest BCUT2D eigenvalue weighted by Crippen LogP contribution is 2.31. The van der Waals surface area contributed by atoms with Crippen molar-refractivity contribution in [2.45, 2.75) is 118 Å². The second-order valence-corrected chi connectivity index (χ2v) is 12.0. The van der Waals surface area contributed by atoms with E-state index >= 15 is 0 Å². The highest BCUT2D eigenvalue weighted by Gasteiger charge is 2.19. The number of hydrogen-bond donors (Lipinski definition) is 3. The van der Waals surface area contributed by atoms with E-state index in [0.717, 1.165) is 25.9 Å². The number of nitrogens with one attached hydrogen (secondary N) is 1. The van der Waals surface area contributed by atoms with Gasteiger partial charge in [-0.3, -0.25) is 0 Å². The van der Waals surface area contributed by atoms with E-state index in [1.54, 1.807) is 0 Å². The molecule has 0 aliphatic rings. The molecule has 2 aromatic carbocycles. The monoisotopic (exact) mass is 479 g/mol. The molecule has 0 aromatic heterocycles. The molecule has 0 amide bonds. The standard InChI is InChI=1S/C32H53N3/c1-19(2)27-11-23(9)12-28(20(3)4)31(27)15-25(33)17-35-18-26(34)16-32-29(21(5)6)13-24(10)14-30(32)22(7)8/h11-14,19-22,25-26,35H,15-18,33-34H2,1-10H3. The topological polar surface area (TPSA) is 64.1 Å². The molecule has 0 saturated carbocycles. The molecular weight excluding hydrogens is 426 g/mol. The molecule has 2 aromatic rings. The van der Waals surface area contributed by atoms with Gasteiger partial charge in [-0.05, 0) is 83.7 Å². The smallest absolute Gasteiger partial charge is 0.0206 e. The maximum absolute atomic E-state index is 6.66. The lowest BCUT2D eigenvalue weighted by atomic mass is 9.84. The normalized spacial score (nSPS) is 13.9. The van der Waals surface area contributed by atoms with Crippen molar-refractivity contribution in [3.63, 3.8) is 0 Å². The zero-order valence-corrected chi connectivity index (χ0v) is 24.3. The summed E-state index contributed by atoms with van der Waals surface area (Å²) in [5.41, 5.74) is 24.7. The fraction of sp³-hybridized carbons (Fsp3) is 0.625. The second-order valence-electron chi connectivity index (χ2n) is 12.0. The number of hydrogen-bond acceptors (Lipinski definition) is 3. The minimum atomic E-state index is 0.0664. The van der Waals surface area contributed by atoms with Crippen molar-refractivity contribution in [3.8, 4) is 0 Å². The molecule has 0 aliphatic carbocycles. The number of nitrogens with two attached hydrogens (primary N) is 2. The van der Waals surface area contributed by atoms with Gasteiger partial charge in [0.05, 0.1) is 0 Å². The summed E-state index contributed by atoms with van der Waals surface area (Å²) in [6, 6.07) is 9.53. The van der Waals surface area contributed by atoms with E-state index in [2.05, 4.69) is 98.8 Å². The van der Waals surface area contributed by atoms with Crippen LogP contribution in [-0.4, -0.2) is 25.2 Å². The quantitative estimate of drug-likeness (QED) is 0.313. The van der Waals surface area contributed by atoms with Crippen molar-refractivity contribution in [1.29, 1.82) is 0 Å². The Kier molecular flexibility index (Phi) is 11.0. The van der Waals surface area contributed by atoms with Crippen LogP contribution >= 0.6 is 0 Å². The van der Waals surface area contributed by atoms with Crippen LogP contribution in [0.25, 0.3) is 0 Å². The number of aryl methyl sites for hydroxylation is 2. The first-order valence-electron chi connectivity index (χ1n) is 13.8. The van der Waals surface area contributed by atoms with Gasteiger partial charge < -0.3 is 16.8 Å². The Balaban J connectivity index is 2.07. The Morgan fingerprint density at radius 3 is 1.03 bits per heavy atom. The third kappa shape index (κ3) is 8.17. The average Bonchev–Trinajstić information content (AvgIpc) is 2.74. The van der Waals surface area contributed by atoms with E-state index in [9.17, 15) is 0 Å². The van der Waals surface area contributed by atoms with Crippen LogP contribution in [0.1, 0.15) is 124 Å². The molecule has 2 rings (SSSR count). The van der Waals surface area contributed by atoms with Gasteiger partial charge in [0.25, 0.3) is 0 Å². The van der Waals surface area contributed by atoms with Crippen LogP contribution in [-0.2, 0) is 12.8 Å². The van der Waals surface area contributed by atoms with Crippen molar-refractivity contribution in [3.05, 3.63) is 68.8 Å². The van der Waals surface area contributed by atoms with E-state index in [1.165, 1.54) is 44.5 Å². The van der Waals surface area contributed by atoms with Gasteiger partial charge in [0.15, 0.2) is 0 Å². The van der Waals surface area contributed by atoms with Crippen molar-refractivity contribution < 1.29 is 0 Å². The van der Waals surface area contributed by atoms with Gasteiger partial charge in [0.2, 0.25) is 0 Å². The van der Waals surface area contributed by atoms with E-state index in [0.29, 0.717) is 23.7 Å². The lowest BCUT2D eigenvalue weighted by Crippen LogP contribution is -2.42. The second kappa shape index (κ2) is 13.0. The van der Waals surface area contributed by atoms with Crippen molar-refractivity contribution in [2.24, 2.45) is 11.5 Å². The van der Waals surface area contributed by atoms with Crippen molar-refractivity contribution >= 4 is 0 Å². The van der Waals surface area contributed by atoms with Gasteiger partial charge >= 0.3 is 0 Å². The molecule has 5 N–H and O–H groups in total. The van der Waals surface area contributed by atoms with Crippen LogP contribution in [0.3, 0.4) is 0 Å². The first-order chi connectivity index (χ1) is 16.3. The third-order valence-corrected chi connectivity index (χ3v) is 7.16. The van der Waals surface area contributed by atoms with Gasteiger partial charge in [-0.1, -0.05) is 90.8 Å². The average molecular weight is 480 g/mol. The summed E-state index contributed by atoms with van der Waals surface area (Å²) >= 11 is 0. The lowest BCUT2D eigenvalue weighted by molar-refractivity contribution is 0.522. The highest BCUT2D eigenvalue weighted by atomic mass is 14.9. The van der Waals surface area contributed by atoms with Gasteiger partial charge in [0, 0.05) is 25.2 Å². The van der Waals surface area contributed by atoms with Crippen LogP contribution in [0, 0.1) is 13.8 Å². The fourth-order valence-corrected chi connectivity index (χ4v) is 5.40. The molecule has 2 atom stereocenters.